The molecule has 162 valence electrons. The molecular weight excluding hydrogens is 370 g/mol. The van der Waals surface area contributed by atoms with Gasteiger partial charge in [0, 0.05) is 11.1 Å². The highest BCUT2D eigenvalue weighted by molar-refractivity contribution is 6.00. The number of nitrogens with one attached hydrogen (secondary N) is 1. The van der Waals surface area contributed by atoms with Gasteiger partial charge in [-0.1, -0.05) is 0 Å². The zero-order valence-corrected chi connectivity index (χ0v) is 19.4. The van der Waals surface area contributed by atoms with Gasteiger partial charge in [-0.2, -0.15) is 0 Å². The fraction of sp³-hybridized carbons (Fsp3) is 0.609. The summed E-state index contributed by atoms with van der Waals surface area (Å²) in [5.41, 5.74) is -1.36. The number of benzene rings is 1. The first kappa shape index (κ1) is 24.8. The first-order chi connectivity index (χ1) is 12.9. The van der Waals surface area contributed by atoms with Gasteiger partial charge in [0.05, 0.1) is 16.9 Å². The van der Waals surface area contributed by atoms with Crippen molar-refractivity contribution in [2.24, 2.45) is 10.8 Å². The lowest BCUT2D eigenvalue weighted by atomic mass is 9.97. The van der Waals surface area contributed by atoms with Crippen LogP contribution in [-0.2, 0) is 9.59 Å². The molecule has 0 aromatic heterocycles. The highest BCUT2D eigenvalue weighted by atomic mass is 16.6. The minimum absolute atomic E-state index is 0.0522. The van der Waals surface area contributed by atoms with Crippen LogP contribution in [0.1, 0.15) is 79.6 Å². The Balaban J connectivity index is 3.29. The van der Waals surface area contributed by atoms with Crippen LogP contribution >= 0.6 is 0 Å². The number of hydrogen-bond acceptors (Lipinski definition) is 6. The molecule has 29 heavy (non-hydrogen) atoms. The van der Waals surface area contributed by atoms with Crippen molar-refractivity contribution in [1.29, 1.82) is 0 Å². The zero-order valence-electron chi connectivity index (χ0n) is 19.4. The molecule has 0 bridgehead atoms. The van der Waals surface area contributed by atoms with Crippen molar-refractivity contribution in [3.05, 3.63) is 23.8 Å². The van der Waals surface area contributed by atoms with Gasteiger partial charge in [0.2, 0.25) is 0 Å². The molecule has 1 aromatic carbocycles. The average Bonchev–Trinajstić information content (AvgIpc) is 2.52. The normalized spacial score (nSPS) is 13.6. The highest BCUT2D eigenvalue weighted by Gasteiger charge is 2.29. The van der Waals surface area contributed by atoms with Crippen molar-refractivity contribution in [1.82, 2.24) is 5.32 Å². The summed E-state index contributed by atoms with van der Waals surface area (Å²) in [5, 5.41) is 3.23. The molecular formula is C23H35NO5. The lowest BCUT2D eigenvalue weighted by Crippen LogP contribution is -2.46. The van der Waals surface area contributed by atoms with Crippen molar-refractivity contribution >= 4 is 17.7 Å². The third-order valence-electron chi connectivity index (χ3n) is 3.90. The van der Waals surface area contributed by atoms with Crippen molar-refractivity contribution in [3.8, 4) is 11.5 Å². The summed E-state index contributed by atoms with van der Waals surface area (Å²) in [6, 6.07) is 4.08. The maximum absolute atomic E-state index is 12.8. The van der Waals surface area contributed by atoms with E-state index in [0.29, 0.717) is 5.56 Å². The van der Waals surface area contributed by atoms with E-state index in [-0.39, 0.29) is 22.8 Å². The second-order valence-electron chi connectivity index (χ2n) is 10.4. The molecule has 0 radical (unpaired) electrons. The Labute approximate surface area is 174 Å². The molecule has 0 fully saturated rings. The summed E-state index contributed by atoms with van der Waals surface area (Å²) in [4.78, 5) is 37.6. The first-order valence-corrected chi connectivity index (χ1v) is 9.82. The van der Waals surface area contributed by atoms with E-state index < -0.39 is 28.8 Å². The van der Waals surface area contributed by atoms with Crippen LogP contribution in [0.15, 0.2) is 18.2 Å². The van der Waals surface area contributed by atoms with E-state index >= 15 is 0 Å². The number of ether oxygens (including phenoxy) is 2. The third kappa shape index (κ3) is 7.61. The van der Waals surface area contributed by atoms with Gasteiger partial charge in [-0.3, -0.25) is 14.4 Å². The third-order valence-corrected chi connectivity index (χ3v) is 3.90. The molecule has 1 atom stereocenters. The molecule has 1 rings (SSSR count). The van der Waals surface area contributed by atoms with E-state index in [1.165, 1.54) is 12.1 Å². The fourth-order valence-corrected chi connectivity index (χ4v) is 2.30. The Morgan fingerprint density at radius 3 is 1.66 bits per heavy atom. The molecule has 6 heteroatoms. The van der Waals surface area contributed by atoms with Crippen LogP contribution in [0.4, 0.5) is 0 Å². The molecule has 0 heterocycles. The second kappa shape index (κ2) is 8.66. The molecule has 0 spiro atoms. The van der Waals surface area contributed by atoms with Crippen LogP contribution in [0, 0.1) is 10.8 Å². The maximum atomic E-state index is 12.8. The minimum Gasteiger partial charge on any atom is -0.422 e. The number of esters is 2. The molecule has 0 aliphatic rings. The van der Waals surface area contributed by atoms with Gasteiger partial charge in [0.1, 0.15) is 0 Å². The van der Waals surface area contributed by atoms with Gasteiger partial charge >= 0.3 is 11.9 Å². The van der Waals surface area contributed by atoms with Gasteiger partial charge < -0.3 is 14.8 Å². The van der Waals surface area contributed by atoms with E-state index in [9.17, 15) is 14.4 Å². The number of ketones is 1. The zero-order chi connectivity index (χ0) is 22.8. The highest BCUT2D eigenvalue weighted by Crippen LogP contribution is 2.33. The van der Waals surface area contributed by atoms with Gasteiger partial charge in [-0.25, -0.2) is 0 Å². The van der Waals surface area contributed by atoms with Crippen LogP contribution in [0.3, 0.4) is 0 Å². The second-order valence-corrected chi connectivity index (χ2v) is 10.4. The van der Waals surface area contributed by atoms with Crippen LogP contribution in [0.5, 0.6) is 11.5 Å². The Morgan fingerprint density at radius 2 is 1.24 bits per heavy atom. The van der Waals surface area contributed by atoms with Crippen molar-refractivity contribution < 1.29 is 23.9 Å². The van der Waals surface area contributed by atoms with E-state index in [0.717, 1.165) is 0 Å². The summed E-state index contributed by atoms with van der Waals surface area (Å²) in [5.74, 6) is -0.947. The summed E-state index contributed by atoms with van der Waals surface area (Å²) in [6.07, 6.45) is 0. The minimum atomic E-state index is -0.758. The molecule has 0 amide bonds. The maximum Gasteiger partial charge on any atom is 0.316 e. The van der Waals surface area contributed by atoms with Crippen LogP contribution in [0.2, 0.25) is 0 Å². The topological polar surface area (TPSA) is 81.7 Å². The first-order valence-electron chi connectivity index (χ1n) is 9.82. The Bertz CT molecular complexity index is 776. The van der Waals surface area contributed by atoms with Gasteiger partial charge in [-0.15, -0.1) is 0 Å². The van der Waals surface area contributed by atoms with Crippen molar-refractivity contribution in [2.75, 3.05) is 0 Å². The van der Waals surface area contributed by atoms with Crippen molar-refractivity contribution in [3.63, 3.8) is 0 Å². The molecule has 1 unspecified atom stereocenters. The summed E-state index contributed by atoms with van der Waals surface area (Å²) < 4.78 is 11.0. The molecule has 0 saturated carbocycles. The molecule has 1 N–H and O–H groups in total. The van der Waals surface area contributed by atoms with E-state index in [1.807, 2.05) is 20.8 Å². The van der Waals surface area contributed by atoms with E-state index in [2.05, 4.69) is 5.32 Å². The SMILES string of the molecule is CC(NC(C)(C)C)C(=O)c1ccc(OC(=O)C(C)(C)C)c(OC(=O)C(C)(C)C)c1. The van der Waals surface area contributed by atoms with Gasteiger partial charge in [0.15, 0.2) is 17.3 Å². The van der Waals surface area contributed by atoms with Crippen molar-refractivity contribution in [2.45, 2.75) is 80.8 Å². The largest absolute Gasteiger partial charge is 0.422 e. The quantitative estimate of drug-likeness (QED) is 0.440. The van der Waals surface area contributed by atoms with Crippen LogP contribution in [0.25, 0.3) is 0 Å². The lowest BCUT2D eigenvalue weighted by molar-refractivity contribution is -0.145. The Kier molecular flexibility index (Phi) is 7.41. The molecule has 0 aliphatic carbocycles. The standard InChI is InChI=1S/C23H35NO5/c1-14(24-23(8,9)10)18(25)15-11-12-16(28-19(26)21(2,3)4)17(13-15)29-20(27)22(5,6)7/h11-14,24H,1-10H3. The van der Waals surface area contributed by atoms with E-state index in [4.69, 9.17) is 9.47 Å². The molecule has 0 saturated heterocycles. The summed E-state index contributed by atoms with van der Waals surface area (Å²) in [7, 11) is 0. The average molecular weight is 406 g/mol. The molecule has 0 aliphatic heterocycles. The summed E-state index contributed by atoms with van der Waals surface area (Å²) >= 11 is 0. The number of carbonyl (C=O) groups is 3. The monoisotopic (exact) mass is 405 g/mol. The van der Waals surface area contributed by atoms with Gasteiger partial charge in [0.25, 0.3) is 0 Å². The predicted octanol–water partition coefficient (Wildman–Crippen LogP) is 4.55. The number of hydrogen-bond donors (Lipinski definition) is 1. The predicted molar refractivity (Wildman–Crippen MR) is 113 cm³/mol. The Morgan fingerprint density at radius 1 is 0.793 bits per heavy atom. The van der Waals surface area contributed by atoms with Crippen LogP contribution in [-0.4, -0.2) is 29.3 Å². The lowest BCUT2D eigenvalue weighted by Gasteiger charge is -2.25. The van der Waals surface area contributed by atoms with E-state index in [1.54, 1.807) is 54.5 Å². The fourth-order valence-electron chi connectivity index (χ4n) is 2.30. The summed E-state index contributed by atoms with van der Waals surface area (Å²) in [6.45, 7) is 18.1. The number of carbonyl (C=O) groups excluding carboxylic acids is 3. The van der Waals surface area contributed by atoms with Crippen LogP contribution < -0.4 is 14.8 Å². The number of Topliss-reactive ketones (excluding diaryl/α,β-unsaturated/α-hetero) is 1. The molecule has 6 nitrogen and oxygen atoms in total. The molecule has 1 aromatic rings. The van der Waals surface area contributed by atoms with Gasteiger partial charge in [-0.05, 0) is 87.4 Å². The number of rotatable bonds is 5. The Hall–Kier alpha value is -2.21. The smallest absolute Gasteiger partial charge is 0.316 e.